The van der Waals surface area contributed by atoms with Crippen LogP contribution in [0, 0.1) is 11.8 Å². The standard InChI is InChI=1S/C21H30O7/c1-7-11(2)19(23)28-16-10-21(5,25)17(22)9-14(26-6)12(3)8-15-18(16)13(4)20(24)27-15/h7,12,14-16,18,25H,4,8-10H2,1-3,5-6H3/b11-7-/t12-,14-,15-,16+,18+,21-/m1/s1. The Morgan fingerprint density at radius 1 is 1.36 bits per heavy atom. The van der Waals surface area contributed by atoms with Crippen molar-refractivity contribution in [2.75, 3.05) is 7.11 Å². The Hall–Kier alpha value is -1.99. The van der Waals surface area contributed by atoms with Crippen LogP contribution in [0.2, 0.25) is 0 Å². The molecule has 0 amide bonds. The second-order valence-corrected chi connectivity index (χ2v) is 8.00. The van der Waals surface area contributed by atoms with E-state index in [1.165, 1.54) is 14.0 Å². The first-order valence-corrected chi connectivity index (χ1v) is 9.54. The van der Waals surface area contributed by atoms with Gasteiger partial charge in [-0.2, -0.15) is 0 Å². The fourth-order valence-electron chi connectivity index (χ4n) is 3.84. The minimum atomic E-state index is -1.75. The minimum Gasteiger partial charge on any atom is -0.458 e. The van der Waals surface area contributed by atoms with Crippen molar-refractivity contribution in [3.8, 4) is 0 Å². The third kappa shape index (κ3) is 4.52. The first-order valence-electron chi connectivity index (χ1n) is 9.54. The number of carbonyl (C=O) groups excluding carboxylic acids is 3. The molecule has 0 aromatic carbocycles. The highest BCUT2D eigenvalue weighted by Crippen LogP contribution is 2.40. The van der Waals surface area contributed by atoms with Gasteiger partial charge in [-0.1, -0.05) is 19.6 Å². The minimum absolute atomic E-state index is 0.0193. The van der Waals surface area contributed by atoms with Gasteiger partial charge < -0.3 is 19.3 Å². The van der Waals surface area contributed by atoms with E-state index in [0.29, 0.717) is 12.0 Å². The molecular weight excluding hydrogens is 364 g/mol. The van der Waals surface area contributed by atoms with Gasteiger partial charge in [0.15, 0.2) is 5.78 Å². The van der Waals surface area contributed by atoms with Crippen molar-refractivity contribution in [1.82, 2.24) is 0 Å². The van der Waals surface area contributed by atoms with Crippen LogP contribution in [-0.4, -0.2) is 53.9 Å². The van der Waals surface area contributed by atoms with E-state index in [1.807, 2.05) is 6.92 Å². The molecule has 1 heterocycles. The highest BCUT2D eigenvalue weighted by molar-refractivity contribution is 5.92. The number of aliphatic hydroxyl groups is 1. The maximum Gasteiger partial charge on any atom is 0.334 e. The molecule has 0 unspecified atom stereocenters. The molecule has 28 heavy (non-hydrogen) atoms. The van der Waals surface area contributed by atoms with Gasteiger partial charge in [-0.3, -0.25) is 4.79 Å². The van der Waals surface area contributed by atoms with E-state index in [0.717, 1.165) is 0 Å². The number of ether oxygens (including phenoxy) is 3. The molecule has 1 aliphatic heterocycles. The zero-order valence-electron chi connectivity index (χ0n) is 17.2. The molecule has 1 saturated heterocycles. The number of ketones is 1. The van der Waals surface area contributed by atoms with E-state index < -0.39 is 47.6 Å². The fourth-order valence-corrected chi connectivity index (χ4v) is 3.84. The Bertz CT molecular complexity index is 691. The van der Waals surface area contributed by atoms with Gasteiger partial charge in [-0.15, -0.1) is 0 Å². The molecule has 2 rings (SSSR count). The highest BCUT2D eigenvalue weighted by Gasteiger charge is 2.50. The van der Waals surface area contributed by atoms with Gasteiger partial charge in [0.25, 0.3) is 0 Å². The van der Waals surface area contributed by atoms with Crippen LogP contribution in [0.5, 0.6) is 0 Å². The zero-order valence-corrected chi connectivity index (χ0v) is 17.2. The molecule has 0 aromatic heterocycles. The summed E-state index contributed by atoms with van der Waals surface area (Å²) in [7, 11) is 1.51. The molecule has 6 atom stereocenters. The van der Waals surface area contributed by atoms with Gasteiger partial charge >= 0.3 is 11.9 Å². The molecule has 7 heteroatoms. The Morgan fingerprint density at radius 2 is 2.00 bits per heavy atom. The van der Waals surface area contributed by atoms with Crippen molar-refractivity contribution in [1.29, 1.82) is 0 Å². The second kappa shape index (κ2) is 8.57. The summed E-state index contributed by atoms with van der Waals surface area (Å²) < 4.78 is 16.6. The zero-order chi connectivity index (χ0) is 21.2. The maximum atomic E-state index is 12.7. The molecule has 1 N–H and O–H groups in total. The molecular formula is C21H30O7. The van der Waals surface area contributed by atoms with Crippen molar-refractivity contribution >= 4 is 17.7 Å². The number of methoxy groups -OCH3 is 1. The molecule has 1 saturated carbocycles. The molecule has 0 aromatic rings. The molecule has 0 bridgehead atoms. The average Bonchev–Trinajstić information content (AvgIpc) is 2.90. The van der Waals surface area contributed by atoms with E-state index in [9.17, 15) is 19.5 Å². The molecule has 1 aliphatic carbocycles. The number of esters is 2. The Morgan fingerprint density at radius 3 is 2.57 bits per heavy atom. The topological polar surface area (TPSA) is 99.1 Å². The fraction of sp³-hybridized carbons (Fsp3) is 0.667. The predicted octanol–water partition coefficient (Wildman–Crippen LogP) is 2.12. The Balaban J connectivity index is 2.46. The Labute approximate surface area is 165 Å². The third-order valence-corrected chi connectivity index (χ3v) is 5.86. The monoisotopic (exact) mass is 394 g/mol. The maximum absolute atomic E-state index is 12.7. The number of Topliss-reactive ketones (excluding diaryl/α,β-unsaturated/α-hetero) is 1. The van der Waals surface area contributed by atoms with Crippen LogP contribution >= 0.6 is 0 Å². The number of fused-ring (bicyclic) bond motifs is 1. The lowest BCUT2D eigenvalue weighted by Crippen LogP contribution is -2.47. The van der Waals surface area contributed by atoms with Crippen LogP contribution in [0.15, 0.2) is 23.8 Å². The first-order chi connectivity index (χ1) is 13.0. The van der Waals surface area contributed by atoms with Gasteiger partial charge in [-0.25, -0.2) is 9.59 Å². The third-order valence-electron chi connectivity index (χ3n) is 5.86. The molecule has 156 valence electrons. The Kier molecular flexibility index (Phi) is 6.83. The lowest BCUT2D eigenvalue weighted by Gasteiger charge is -2.36. The van der Waals surface area contributed by atoms with Crippen molar-refractivity contribution < 1.29 is 33.7 Å². The summed E-state index contributed by atoms with van der Waals surface area (Å²) in [6.45, 7) is 10.4. The largest absolute Gasteiger partial charge is 0.458 e. The van der Waals surface area contributed by atoms with Crippen molar-refractivity contribution in [2.45, 2.75) is 70.9 Å². The molecule has 0 spiro atoms. The van der Waals surface area contributed by atoms with E-state index in [4.69, 9.17) is 14.2 Å². The summed E-state index contributed by atoms with van der Waals surface area (Å²) in [6.07, 6.45) is -0.00461. The van der Waals surface area contributed by atoms with Crippen LogP contribution in [0.1, 0.15) is 47.0 Å². The smallest absolute Gasteiger partial charge is 0.334 e. The van der Waals surface area contributed by atoms with E-state index >= 15 is 0 Å². The summed E-state index contributed by atoms with van der Waals surface area (Å²) in [5.41, 5.74) is -1.17. The average molecular weight is 394 g/mol. The van der Waals surface area contributed by atoms with E-state index in [2.05, 4.69) is 6.58 Å². The van der Waals surface area contributed by atoms with Crippen LogP contribution in [0.3, 0.4) is 0 Å². The summed E-state index contributed by atoms with van der Waals surface area (Å²) in [6, 6.07) is 0. The summed E-state index contributed by atoms with van der Waals surface area (Å²) >= 11 is 0. The van der Waals surface area contributed by atoms with Crippen LogP contribution in [0.4, 0.5) is 0 Å². The van der Waals surface area contributed by atoms with E-state index in [-0.39, 0.29) is 24.3 Å². The summed E-state index contributed by atoms with van der Waals surface area (Å²) in [5.74, 6) is -2.28. The normalized spacial score (nSPS) is 37.3. The van der Waals surface area contributed by atoms with Crippen LogP contribution in [-0.2, 0) is 28.6 Å². The van der Waals surface area contributed by atoms with Crippen molar-refractivity contribution in [3.63, 3.8) is 0 Å². The van der Waals surface area contributed by atoms with Crippen molar-refractivity contribution in [3.05, 3.63) is 23.8 Å². The number of hydrogen-bond acceptors (Lipinski definition) is 7. The summed E-state index contributed by atoms with van der Waals surface area (Å²) in [5, 5.41) is 10.8. The predicted molar refractivity (Wildman–Crippen MR) is 101 cm³/mol. The van der Waals surface area contributed by atoms with Gasteiger partial charge in [0.2, 0.25) is 0 Å². The molecule has 0 radical (unpaired) electrons. The lowest BCUT2D eigenvalue weighted by atomic mass is 9.76. The van der Waals surface area contributed by atoms with Gasteiger partial charge in [0, 0.05) is 31.1 Å². The van der Waals surface area contributed by atoms with Crippen molar-refractivity contribution in [2.24, 2.45) is 11.8 Å². The quantitative estimate of drug-likeness (QED) is 0.578. The number of carbonyl (C=O) groups is 3. The van der Waals surface area contributed by atoms with Gasteiger partial charge in [0.05, 0.1) is 12.0 Å². The van der Waals surface area contributed by atoms with Crippen LogP contribution in [0.25, 0.3) is 0 Å². The number of allylic oxidation sites excluding steroid dienone is 1. The van der Waals surface area contributed by atoms with Gasteiger partial charge in [0.1, 0.15) is 17.8 Å². The molecule has 2 fully saturated rings. The van der Waals surface area contributed by atoms with Gasteiger partial charge in [-0.05, 0) is 33.1 Å². The SMILES string of the molecule is C=C1C(=O)O[C@@H]2C[C@@H](C)[C@H](OC)CC(=O)[C@](C)(O)C[C@H](OC(=O)/C(C)=C\C)[C@@H]12. The van der Waals surface area contributed by atoms with Crippen LogP contribution < -0.4 is 0 Å². The van der Waals surface area contributed by atoms with E-state index in [1.54, 1.807) is 19.9 Å². The number of rotatable bonds is 3. The molecule has 2 aliphatic rings. The molecule has 7 nitrogen and oxygen atoms in total. The lowest BCUT2D eigenvalue weighted by molar-refractivity contribution is -0.159. The highest BCUT2D eigenvalue weighted by atomic mass is 16.6. The number of hydrogen-bond donors (Lipinski definition) is 1. The first kappa shape index (κ1) is 22.3. The summed E-state index contributed by atoms with van der Waals surface area (Å²) in [4.78, 5) is 37.3. The second-order valence-electron chi connectivity index (χ2n) is 8.00.